The summed E-state index contributed by atoms with van der Waals surface area (Å²) in [5.41, 5.74) is 5.84. The first-order chi connectivity index (χ1) is 19.5. The number of nitriles is 1. The molecular formula is C33H35N3O4. The molecule has 0 spiro atoms. The third-order valence-corrected chi connectivity index (χ3v) is 7.55. The number of hydrogen-bond acceptors (Lipinski definition) is 7. The second kappa shape index (κ2) is 12.4. The van der Waals surface area contributed by atoms with Crippen LogP contribution >= 0.6 is 0 Å². The number of nitrogens with zero attached hydrogens (tertiary/aromatic N) is 2. The predicted octanol–water partition coefficient (Wildman–Crippen LogP) is 7.64. The van der Waals surface area contributed by atoms with Crippen LogP contribution in [0.3, 0.4) is 0 Å². The molecule has 2 aromatic heterocycles. The van der Waals surface area contributed by atoms with Crippen LogP contribution in [0.25, 0.3) is 33.6 Å². The molecule has 1 unspecified atom stereocenters. The number of hydrogen-bond donors (Lipinski definition) is 1. The Bertz CT molecular complexity index is 1550. The van der Waals surface area contributed by atoms with Gasteiger partial charge in [-0.15, -0.1) is 0 Å². The molecule has 1 atom stereocenters. The Kier molecular flexibility index (Phi) is 8.47. The molecule has 0 amide bonds. The van der Waals surface area contributed by atoms with E-state index in [0.29, 0.717) is 52.1 Å². The summed E-state index contributed by atoms with van der Waals surface area (Å²) < 4.78 is 17.5. The zero-order valence-corrected chi connectivity index (χ0v) is 23.3. The average Bonchev–Trinajstić information content (AvgIpc) is 3.42. The summed E-state index contributed by atoms with van der Waals surface area (Å²) in [6.45, 7) is 5.71. The van der Waals surface area contributed by atoms with Crippen molar-refractivity contribution in [2.24, 2.45) is 5.92 Å². The van der Waals surface area contributed by atoms with Crippen molar-refractivity contribution in [3.05, 3.63) is 65.9 Å². The zero-order chi connectivity index (χ0) is 28.1. The number of aromatic nitrogens is 1. The monoisotopic (exact) mass is 537 g/mol. The van der Waals surface area contributed by atoms with Crippen molar-refractivity contribution in [3.8, 4) is 34.3 Å². The second-order valence-corrected chi connectivity index (χ2v) is 10.5. The number of methoxy groups -OCH3 is 1. The molecule has 7 heteroatoms. The van der Waals surface area contributed by atoms with Crippen LogP contribution in [0, 0.1) is 17.2 Å². The van der Waals surface area contributed by atoms with E-state index in [0.717, 1.165) is 61.3 Å². The Morgan fingerprint density at radius 3 is 2.73 bits per heavy atom. The summed E-state index contributed by atoms with van der Waals surface area (Å²) in [6, 6.07) is 17.8. The molecule has 1 aliphatic rings. The van der Waals surface area contributed by atoms with Crippen LogP contribution in [-0.2, 0) is 4.74 Å². The van der Waals surface area contributed by atoms with Crippen LogP contribution in [0.5, 0.6) is 5.75 Å². The quantitative estimate of drug-likeness (QED) is 0.208. The van der Waals surface area contributed by atoms with Gasteiger partial charge in [-0.1, -0.05) is 38.8 Å². The van der Waals surface area contributed by atoms with Gasteiger partial charge in [0.1, 0.15) is 23.1 Å². The van der Waals surface area contributed by atoms with Gasteiger partial charge in [-0.05, 0) is 54.7 Å². The lowest BCUT2D eigenvalue weighted by molar-refractivity contribution is 0.0904. The molecule has 5 rings (SSSR count). The number of ether oxygens (including phenoxy) is 2. The molecule has 1 aliphatic heterocycles. The van der Waals surface area contributed by atoms with Crippen molar-refractivity contribution in [3.63, 3.8) is 0 Å². The van der Waals surface area contributed by atoms with E-state index in [1.165, 1.54) is 0 Å². The summed E-state index contributed by atoms with van der Waals surface area (Å²) in [4.78, 5) is 17.4. The number of furan rings is 1. The van der Waals surface area contributed by atoms with Gasteiger partial charge >= 0.3 is 0 Å². The molecule has 2 aromatic carbocycles. The summed E-state index contributed by atoms with van der Waals surface area (Å²) >= 11 is 0. The van der Waals surface area contributed by atoms with Crippen LogP contribution in [0.2, 0.25) is 0 Å². The molecule has 40 heavy (non-hydrogen) atoms. The van der Waals surface area contributed by atoms with Gasteiger partial charge in [-0.2, -0.15) is 5.26 Å². The Morgan fingerprint density at radius 2 is 1.98 bits per heavy atom. The van der Waals surface area contributed by atoms with Gasteiger partial charge in [0, 0.05) is 49.1 Å². The van der Waals surface area contributed by atoms with Gasteiger partial charge in [-0.3, -0.25) is 9.78 Å². The molecule has 0 aliphatic carbocycles. The highest BCUT2D eigenvalue weighted by atomic mass is 16.5. The van der Waals surface area contributed by atoms with E-state index in [9.17, 15) is 10.1 Å². The summed E-state index contributed by atoms with van der Waals surface area (Å²) in [5.74, 6) is 1.63. The number of benzene rings is 2. The number of carbonyl (C=O) groups excluding carboxylic acids is 1. The number of rotatable bonds is 10. The number of nitrogens with one attached hydrogen (secondary N) is 1. The maximum Gasteiger partial charge on any atom is 0.163 e. The first-order valence-corrected chi connectivity index (χ1v) is 14.0. The minimum Gasteiger partial charge on any atom is -0.496 e. The molecule has 0 saturated carbocycles. The van der Waals surface area contributed by atoms with Crippen LogP contribution in [-0.4, -0.2) is 37.1 Å². The zero-order valence-electron chi connectivity index (χ0n) is 23.3. The lowest BCUT2D eigenvalue weighted by Gasteiger charge is -2.24. The largest absolute Gasteiger partial charge is 0.496 e. The van der Waals surface area contributed by atoms with Gasteiger partial charge in [0.25, 0.3) is 0 Å². The molecule has 206 valence electrons. The van der Waals surface area contributed by atoms with E-state index < -0.39 is 0 Å². The van der Waals surface area contributed by atoms with E-state index in [-0.39, 0.29) is 5.78 Å². The normalized spacial score (nSPS) is 14.6. The fourth-order valence-electron chi connectivity index (χ4n) is 5.39. The minimum absolute atomic E-state index is 0.113. The van der Waals surface area contributed by atoms with Crippen molar-refractivity contribution >= 4 is 22.6 Å². The average molecular weight is 538 g/mol. The highest BCUT2D eigenvalue weighted by Crippen LogP contribution is 2.38. The number of anilines is 1. The van der Waals surface area contributed by atoms with Gasteiger partial charge in [0.15, 0.2) is 11.4 Å². The number of carbonyl (C=O) groups is 1. The van der Waals surface area contributed by atoms with Crippen molar-refractivity contribution in [1.29, 1.82) is 5.26 Å². The molecule has 1 fully saturated rings. The van der Waals surface area contributed by atoms with E-state index in [4.69, 9.17) is 13.9 Å². The first-order valence-electron chi connectivity index (χ1n) is 14.0. The first kappa shape index (κ1) is 27.4. The molecule has 3 heterocycles. The van der Waals surface area contributed by atoms with E-state index in [2.05, 4.69) is 30.2 Å². The molecule has 1 N–H and O–H groups in total. The summed E-state index contributed by atoms with van der Waals surface area (Å²) in [5, 5.41) is 13.4. The number of Topliss-reactive ketones (excluding diaryl/α,β-unsaturated/α-hetero) is 1. The lowest BCUT2D eigenvalue weighted by atomic mass is 9.95. The molecule has 7 nitrogen and oxygen atoms in total. The molecule has 0 radical (unpaired) electrons. The Hall–Kier alpha value is -4.15. The Balaban J connectivity index is 1.45. The van der Waals surface area contributed by atoms with Crippen molar-refractivity contribution in [2.45, 2.75) is 52.0 Å². The van der Waals surface area contributed by atoms with E-state index in [1.807, 2.05) is 42.5 Å². The molecule has 1 saturated heterocycles. The van der Waals surface area contributed by atoms with Gasteiger partial charge in [0.05, 0.1) is 23.9 Å². The highest BCUT2D eigenvalue weighted by Gasteiger charge is 2.20. The van der Waals surface area contributed by atoms with Crippen LogP contribution in [0.15, 0.2) is 59.1 Å². The minimum atomic E-state index is 0.113. The van der Waals surface area contributed by atoms with E-state index in [1.54, 1.807) is 19.4 Å². The Labute approximate surface area is 235 Å². The van der Waals surface area contributed by atoms with Crippen molar-refractivity contribution in [1.82, 2.24) is 4.98 Å². The second-order valence-electron chi connectivity index (χ2n) is 10.5. The fraction of sp³-hybridized carbons (Fsp3) is 0.364. The fourth-order valence-corrected chi connectivity index (χ4v) is 5.39. The van der Waals surface area contributed by atoms with Crippen molar-refractivity contribution in [2.75, 3.05) is 25.6 Å². The third kappa shape index (κ3) is 5.88. The maximum absolute atomic E-state index is 12.9. The van der Waals surface area contributed by atoms with Crippen LogP contribution in [0.4, 0.5) is 5.69 Å². The smallest absolute Gasteiger partial charge is 0.163 e. The van der Waals surface area contributed by atoms with Crippen molar-refractivity contribution < 1.29 is 18.7 Å². The van der Waals surface area contributed by atoms with Crippen LogP contribution < -0.4 is 10.1 Å². The molecular weight excluding hydrogens is 502 g/mol. The Morgan fingerprint density at radius 1 is 1.15 bits per heavy atom. The van der Waals surface area contributed by atoms with Gasteiger partial charge < -0.3 is 19.2 Å². The summed E-state index contributed by atoms with van der Waals surface area (Å²) in [6.07, 6.45) is 6.19. The van der Waals surface area contributed by atoms with Gasteiger partial charge in [-0.25, -0.2) is 0 Å². The number of ketones is 1. The lowest BCUT2D eigenvalue weighted by Crippen LogP contribution is -2.28. The highest BCUT2D eigenvalue weighted by molar-refractivity contribution is 5.98. The van der Waals surface area contributed by atoms with Gasteiger partial charge in [0.2, 0.25) is 0 Å². The predicted molar refractivity (Wildman–Crippen MR) is 157 cm³/mol. The number of fused-ring (bicyclic) bond motifs is 1. The SMILES string of the molecule is CCCC(C)CC(=O)c1ccc(-c2cc3nccc(-c4ccc(NC5CCOCC5)c(C#N)c4)c3o2)c(OC)c1. The summed E-state index contributed by atoms with van der Waals surface area (Å²) in [7, 11) is 1.60. The topological polar surface area (TPSA) is 97.4 Å². The van der Waals surface area contributed by atoms with E-state index >= 15 is 0 Å². The third-order valence-electron chi connectivity index (χ3n) is 7.55. The molecule has 0 bridgehead atoms. The number of pyridine rings is 1. The maximum atomic E-state index is 12.9. The van der Waals surface area contributed by atoms with Crippen LogP contribution in [0.1, 0.15) is 61.9 Å². The molecule has 4 aromatic rings. The standard InChI is InChI=1S/C33H35N3O4/c1-4-5-21(2)16-30(37)23-6-8-27(31(18-23)38-3)32-19-29-33(40-32)26(10-13-35-29)22-7-9-28(24(17-22)20-34)36-25-11-14-39-15-12-25/h6-10,13,17-19,21,25,36H,4-5,11-12,14-16H2,1-3H3.